The summed E-state index contributed by atoms with van der Waals surface area (Å²) >= 11 is 0. The number of piperidine rings is 1. The van der Waals surface area contributed by atoms with Crippen molar-refractivity contribution in [2.24, 2.45) is 5.92 Å². The first-order valence-electron chi connectivity index (χ1n) is 9.93. The molecule has 1 fully saturated rings. The highest BCUT2D eigenvalue weighted by Crippen LogP contribution is 2.21. The molecule has 1 aliphatic heterocycles. The number of carboxylic acids is 1. The SMILES string of the molecule is CCN(CC(=O)O)C1CCN(CC(=O)NC(c2ccccc2)C(C)C)CC1. The topological polar surface area (TPSA) is 72.9 Å². The number of likely N-dealkylation sites (N-methyl/N-ethyl adjacent to an activating group) is 1. The fourth-order valence-corrected chi connectivity index (χ4v) is 3.83. The molecule has 1 atom stereocenters. The van der Waals surface area contributed by atoms with Crippen LogP contribution in [-0.2, 0) is 9.59 Å². The van der Waals surface area contributed by atoms with Gasteiger partial charge in [-0.2, -0.15) is 0 Å². The Morgan fingerprint density at radius 1 is 1.22 bits per heavy atom. The monoisotopic (exact) mass is 375 g/mol. The number of benzene rings is 1. The molecule has 1 aromatic carbocycles. The van der Waals surface area contributed by atoms with Gasteiger partial charge in [0.05, 0.1) is 19.1 Å². The second kappa shape index (κ2) is 10.4. The molecule has 1 aromatic rings. The Hall–Kier alpha value is -1.92. The summed E-state index contributed by atoms with van der Waals surface area (Å²) in [6, 6.07) is 10.4. The van der Waals surface area contributed by atoms with Gasteiger partial charge in [0.25, 0.3) is 0 Å². The predicted octanol–water partition coefficient (Wildman–Crippen LogP) is 2.37. The molecule has 0 bridgehead atoms. The van der Waals surface area contributed by atoms with E-state index < -0.39 is 5.97 Å². The number of amides is 1. The van der Waals surface area contributed by atoms with E-state index >= 15 is 0 Å². The number of hydrogen-bond donors (Lipinski definition) is 2. The van der Waals surface area contributed by atoms with Gasteiger partial charge in [-0.15, -0.1) is 0 Å². The predicted molar refractivity (Wildman–Crippen MR) is 107 cm³/mol. The molecule has 6 nitrogen and oxygen atoms in total. The van der Waals surface area contributed by atoms with Crippen molar-refractivity contribution in [3.05, 3.63) is 35.9 Å². The normalized spacial score (nSPS) is 17.2. The van der Waals surface area contributed by atoms with Gasteiger partial charge in [-0.05, 0) is 30.9 Å². The maximum atomic E-state index is 12.6. The van der Waals surface area contributed by atoms with Crippen molar-refractivity contribution in [1.82, 2.24) is 15.1 Å². The van der Waals surface area contributed by atoms with Crippen LogP contribution in [-0.4, -0.2) is 65.5 Å². The maximum absolute atomic E-state index is 12.6. The molecular formula is C21H33N3O3. The highest BCUT2D eigenvalue weighted by molar-refractivity contribution is 5.78. The first-order valence-corrected chi connectivity index (χ1v) is 9.93. The van der Waals surface area contributed by atoms with Crippen LogP contribution in [0.5, 0.6) is 0 Å². The van der Waals surface area contributed by atoms with Gasteiger partial charge >= 0.3 is 5.97 Å². The molecule has 6 heteroatoms. The molecule has 2 rings (SSSR count). The van der Waals surface area contributed by atoms with E-state index in [0.29, 0.717) is 12.5 Å². The first kappa shape index (κ1) is 21.4. The fraction of sp³-hybridized carbons (Fsp3) is 0.619. The van der Waals surface area contributed by atoms with Gasteiger partial charge < -0.3 is 10.4 Å². The van der Waals surface area contributed by atoms with Gasteiger partial charge in [0, 0.05) is 19.1 Å². The van der Waals surface area contributed by atoms with Gasteiger partial charge in [-0.3, -0.25) is 19.4 Å². The average molecular weight is 376 g/mol. The molecule has 27 heavy (non-hydrogen) atoms. The lowest BCUT2D eigenvalue weighted by atomic mass is 9.96. The average Bonchev–Trinajstić information content (AvgIpc) is 2.65. The Morgan fingerprint density at radius 3 is 2.37 bits per heavy atom. The number of nitrogens with one attached hydrogen (secondary N) is 1. The number of carbonyl (C=O) groups is 2. The molecule has 0 saturated carbocycles. The lowest BCUT2D eigenvalue weighted by Crippen LogP contribution is -2.49. The third-order valence-corrected chi connectivity index (χ3v) is 5.33. The van der Waals surface area contributed by atoms with Crippen LogP contribution < -0.4 is 5.32 Å². The summed E-state index contributed by atoms with van der Waals surface area (Å²) in [6.07, 6.45) is 1.81. The van der Waals surface area contributed by atoms with Crippen molar-refractivity contribution in [2.75, 3.05) is 32.7 Å². The number of carbonyl (C=O) groups excluding carboxylic acids is 1. The smallest absolute Gasteiger partial charge is 0.317 e. The Labute approximate surface area is 162 Å². The van der Waals surface area contributed by atoms with Gasteiger partial charge in [0.15, 0.2) is 0 Å². The van der Waals surface area contributed by atoms with Crippen LogP contribution in [0.1, 0.15) is 45.2 Å². The number of carboxylic acid groups (broad SMARTS) is 1. The highest BCUT2D eigenvalue weighted by Gasteiger charge is 2.26. The summed E-state index contributed by atoms with van der Waals surface area (Å²) in [6.45, 7) is 9.11. The summed E-state index contributed by atoms with van der Waals surface area (Å²) in [5.41, 5.74) is 1.13. The van der Waals surface area contributed by atoms with Crippen LogP contribution in [0, 0.1) is 5.92 Å². The Bertz CT molecular complexity index is 598. The Kier molecular flexibility index (Phi) is 8.25. The molecule has 1 aliphatic rings. The standard InChI is InChI=1S/C21H33N3O3/c1-4-24(15-20(26)27)18-10-12-23(13-11-18)14-19(25)22-21(16(2)3)17-8-6-5-7-9-17/h5-9,16,18,21H,4,10-15H2,1-3H3,(H,22,25)(H,26,27). The van der Waals surface area contributed by atoms with Crippen molar-refractivity contribution in [1.29, 1.82) is 0 Å². The minimum atomic E-state index is -0.778. The Morgan fingerprint density at radius 2 is 1.85 bits per heavy atom. The van der Waals surface area contributed by atoms with Crippen LogP contribution in [0.2, 0.25) is 0 Å². The maximum Gasteiger partial charge on any atom is 0.317 e. The van der Waals surface area contributed by atoms with Crippen molar-refractivity contribution >= 4 is 11.9 Å². The second-order valence-electron chi connectivity index (χ2n) is 7.66. The fourth-order valence-electron chi connectivity index (χ4n) is 3.83. The highest BCUT2D eigenvalue weighted by atomic mass is 16.4. The van der Waals surface area contributed by atoms with Crippen molar-refractivity contribution < 1.29 is 14.7 Å². The van der Waals surface area contributed by atoms with Crippen molar-refractivity contribution in [3.8, 4) is 0 Å². The van der Waals surface area contributed by atoms with Crippen LogP contribution in [0.3, 0.4) is 0 Å². The second-order valence-corrected chi connectivity index (χ2v) is 7.66. The van der Waals surface area contributed by atoms with E-state index in [9.17, 15) is 9.59 Å². The summed E-state index contributed by atoms with van der Waals surface area (Å²) < 4.78 is 0. The number of rotatable bonds is 9. The zero-order valence-corrected chi connectivity index (χ0v) is 16.7. The number of hydrogen-bond acceptors (Lipinski definition) is 4. The van der Waals surface area contributed by atoms with Gasteiger partial charge in [0.1, 0.15) is 0 Å². The van der Waals surface area contributed by atoms with Gasteiger partial charge in [-0.25, -0.2) is 0 Å². The van der Waals surface area contributed by atoms with E-state index in [2.05, 4.69) is 36.2 Å². The van der Waals surface area contributed by atoms with E-state index in [0.717, 1.165) is 38.0 Å². The number of nitrogens with zero attached hydrogens (tertiary/aromatic N) is 2. The molecule has 0 aliphatic carbocycles. The van der Waals surface area contributed by atoms with Crippen molar-refractivity contribution in [3.63, 3.8) is 0 Å². The minimum Gasteiger partial charge on any atom is -0.480 e. The molecule has 0 aromatic heterocycles. The molecule has 1 unspecified atom stereocenters. The Balaban J connectivity index is 1.84. The van der Waals surface area contributed by atoms with Gasteiger partial charge in [0.2, 0.25) is 5.91 Å². The molecule has 150 valence electrons. The quantitative estimate of drug-likeness (QED) is 0.693. The zero-order valence-electron chi connectivity index (χ0n) is 16.7. The third-order valence-electron chi connectivity index (χ3n) is 5.33. The van der Waals surface area contributed by atoms with E-state index in [-0.39, 0.29) is 24.5 Å². The molecular weight excluding hydrogens is 342 g/mol. The number of likely N-dealkylation sites (tertiary alicyclic amines) is 1. The zero-order chi connectivity index (χ0) is 19.8. The third kappa shape index (κ3) is 6.63. The van der Waals surface area contributed by atoms with Crippen LogP contribution >= 0.6 is 0 Å². The largest absolute Gasteiger partial charge is 0.480 e. The van der Waals surface area contributed by atoms with Gasteiger partial charge in [-0.1, -0.05) is 51.1 Å². The lowest BCUT2D eigenvalue weighted by Gasteiger charge is -2.37. The number of aliphatic carboxylic acids is 1. The van der Waals surface area contributed by atoms with E-state index in [1.165, 1.54) is 0 Å². The summed E-state index contributed by atoms with van der Waals surface area (Å²) in [5.74, 6) is -0.413. The van der Waals surface area contributed by atoms with E-state index in [1.54, 1.807) is 0 Å². The molecule has 0 spiro atoms. The molecule has 1 saturated heterocycles. The van der Waals surface area contributed by atoms with E-state index in [4.69, 9.17) is 5.11 Å². The van der Waals surface area contributed by atoms with Crippen molar-refractivity contribution in [2.45, 2.75) is 45.7 Å². The van der Waals surface area contributed by atoms with Crippen LogP contribution in [0.15, 0.2) is 30.3 Å². The summed E-state index contributed by atoms with van der Waals surface area (Å²) in [7, 11) is 0. The van der Waals surface area contributed by atoms with Crippen LogP contribution in [0.4, 0.5) is 0 Å². The van der Waals surface area contributed by atoms with Crippen LogP contribution in [0.25, 0.3) is 0 Å². The molecule has 2 N–H and O–H groups in total. The molecule has 0 radical (unpaired) electrons. The molecule has 1 heterocycles. The van der Waals surface area contributed by atoms with E-state index in [1.807, 2.05) is 30.0 Å². The summed E-state index contributed by atoms with van der Waals surface area (Å²) in [5, 5.41) is 12.2. The first-order chi connectivity index (χ1) is 12.9. The lowest BCUT2D eigenvalue weighted by molar-refractivity contribution is -0.139. The summed E-state index contributed by atoms with van der Waals surface area (Å²) in [4.78, 5) is 27.8. The minimum absolute atomic E-state index is 0.0161. The molecule has 1 amide bonds.